The van der Waals surface area contributed by atoms with Crippen molar-refractivity contribution in [3.05, 3.63) is 65.2 Å². The van der Waals surface area contributed by atoms with Gasteiger partial charge in [0.1, 0.15) is 0 Å². The van der Waals surface area contributed by atoms with E-state index >= 15 is 0 Å². The molecule has 1 heterocycles. The Bertz CT molecular complexity index is 930. The summed E-state index contributed by atoms with van der Waals surface area (Å²) in [6.45, 7) is 1.28. The number of rotatable bonds is 3. The number of carbonyl (C=O) groups is 3. The highest BCUT2D eigenvalue weighted by molar-refractivity contribution is 6.37. The summed E-state index contributed by atoms with van der Waals surface area (Å²) in [5.41, 5.74) is 2.27. The summed E-state index contributed by atoms with van der Waals surface area (Å²) < 4.78 is 10.2. The minimum atomic E-state index is -0.538. The molecule has 0 saturated heterocycles. The number of nitrogens with zero attached hydrogens (tertiary/aromatic N) is 1. The Hall–Kier alpha value is -3.41. The van der Waals surface area contributed by atoms with Crippen molar-refractivity contribution in [2.24, 2.45) is 0 Å². The van der Waals surface area contributed by atoms with Crippen LogP contribution in [0.4, 0.5) is 5.69 Å². The number of benzene rings is 2. The smallest absolute Gasteiger partial charge is 0.337 e. The molecule has 0 bridgehead atoms. The summed E-state index contributed by atoms with van der Waals surface area (Å²) in [7, 11) is 2.92. The van der Waals surface area contributed by atoms with E-state index in [4.69, 9.17) is 9.47 Å². The second-order valence-electron chi connectivity index (χ2n) is 5.75. The molecule has 3 rings (SSSR count). The molecule has 2 aromatic rings. The minimum Gasteiger partial charge on any atom is -0.465 e. The number of methoxy groups -OCH3 is 1. The van der Waals surface area contributed by atoms with E-state index in [1.807, 2.05) is 6.07 Å². The quantitative estimate of drug-likeness (QED) is 0.483. The van der Waals surface area contributed by atoms with Gasteiger partial charge in [-0.05, 0) is 18.2 Å². The summed E-state index contributed by atoms with van der Waals surface area (Å²) >= 11 is 0. The number of esters is 2. The lowest BCUT2D eigenvalue weighted by atomic mass is 10.00. The summed E-state index contributed by atoms with van der Waals surface area (Å²) in [6, 6.07) is 13.7. The van der Waals surface area contributed by atoms with Crippen molar-refractivity contribution in [1.29, 1.82) is 0 Å². The van der Waals surface area contributed by atoms with Gasteiger partial charge in [0.15, 0.2) is 5.76 Å². The SMILES string of the molecule is COC(=O)c1ccc2c(c1)/C(=C(\OC(C)=O)c1ccccc1)C(=O)N2C. The zero-order valence-electron chi connectivity index (χ0n) is 14.6. The van der Waals surface area contributed by atoms with Gasteiger partial charge in [0.2, 0.25) is 0 Å². The lowest BCUT2D eigenvalue weighted by molar-refractivity contribution is -0.134. The summed E-state index contributed by atoms with van der Waals surface area (Å²) in [6.07, 6.45) is 0. The van der Waals surface area contributed by atoms with E-state index in [9.17, 15) is 14.4 Å². The molecule has 0 saturated carbocycles. The Morgan fingerprint density at radius 3 is 2.31 bits per heavy atom. The molecule has 1 aliphatic rings. The fourth-order valence-electron chi connectivity index (χ4n) is 2.87. The molecule has 6 nitrogen and oxygen atoms in total. The van der Waals surface area contributed by atoms with Crippen LogP contribution in [0.5, 0.6) is 0 Å². The third-order valence-electron chi connectivity index (χ3n) is 4.08. The first-order chi connectivity index (χ1) is 12.4. The fraction of sp³-hybridized carbons (Fsp3) is 0.150. The van der Waals surface area contributed by atoms with Gasteiger partial charge in [-0.15, -0.1) is 0 Å². The van der Waals surface area contributed by atoms with Crippen molar-refractivity contribution < 1.29 is 23.9 Å². The average Bonchev–Trinajstić information content (AvgIpc) is 2.90. The van der Waals surface area contributed by atoms with Gasteiger partial charge in [-0.3, -0.25) is 9.59 Å². The largest absolute Gasteiger partial charge is 0.465 e. The zero-order chi connectivity index (χ0) is 18.8. The molecule has 6 heteroatoms. The fourth-order valence-corrected chi connectivity index (χ4v) is 2.87. The van der Waals surface area contributed by atoms with Gasteiger partial charge in [-0.2, -0.15) is 0 Å². The maximum Gasteiger partial charge on any atom is 0.337 e. The van der Waals surface area contributed by atoms with E-state index in [0.29, 0.717) is 22.4 Å². The van der Waals surface area contributed by atoms with Gasteiger partial charge in [0.05, 0.1) is 23.9 Å². The van der Waals surface area contributed by atoms with Crippen molar-refractivity contribution in [3.8, 4) is 0 Å². The van der Waals surface area contributed by atoms with Gasteiger partial charge in [-0.25, -0.2) is 4.79 Å². The first-order valence-electron chi connectivity index (χ1n) is 7.93. The predicted octanol–water partition coefficient (Wildman–Crippen LogP) is 2.88. The van der Waals surface area contributed by atoms with E-state index in [1.165, 1.54) is 18.9 Å². The van der Waals surface area contributed by atoms with Crippen LogP contribution in [0.1, 0.15) is 28.4 Å². The lowest BCUT2D eigenvalue weighted by Gasteiger charge is -2.11. The van der Waals surface area contributed by atoms with E-state index in [1.54, 1.807) is 49.5 Å². The third-order valence-corrected chi connectivity index (χ3v) is 4.08. The molecular formula is C20H17NO5. The van der Waals surface area contributed by atoms with E-state index in [0.717, 1.165) is 0 Å². The van der Waals surface area contributed by atoms with Crippen molar-refractivity contribution in [3.63, 3.8) is 0 Å². The van der Waals surface area contributed by atoms with Gasteiger partial charge in [0.25, 0.3) is 5.91 Å². The van der Waals surface area contributed by atoms with E-state index < -0.39 is 11.9 Å². The van der Waals surface area contributed by atoms with Crippen molar-refractivity contribution in [2.75, 3.05) is 19.1 Å². The molecule has 1 amide bonds. The molecule has 1 aliphatic heterocycles. The molecular weight excluding hydrogens is 334 g/mol. The van der Waals surface area contributed by atoms with Crippen LogP contribution < -0.4 is 4.90 Å². The van der Waals surface area contributed by atoms with Crippen molar-refractivity contribution in [1.82, 2.24) is 0 Å². The number of ether oxygens (including phenoxy) is 2. The highest BCUT2D eigenvalue weighted by atomic mass is 16.5. The van der Waals surface area contributed by atoms with Crippen molar-refractivity contribution >= 4 is 34.9 Å². The number of carbonyl (C=O) groups excluding carboxylic acids is 3. The monoisotopic (exact) mass is 351 g/mol. The Kier molecular flexibility index (Phi) is 4.58. The van der Waals surface area contributed by atoms with Crippen molar-refractivity contribution in [2.45, 2.75) is 6.92 Å². The molecule has 0 unspecified atom stereocenters. The second kappa shape index (κ2) is 6.84. The number of anilines is 1. The van der Waals surface area contributed by atoms with Gasteiger partial charge in [0, 0.05) is 25.1 Å². The van der Waals surface area contributed by atoms with Crippen LogP contribution in [0.15, 0.2) is 48.5 Å². The highest BCUT2D eigenvalue weighted by Crippen LogP contribution is 2.41. The predicted molar refractivity (Wildman–Crippen MR) is 96.2 cm³/mol. The van der Waals surface area contributed by atoms with Crippen LogP contribution in [-0.4, -0.2) is 32.0 Å². The number of hydrogen-bond donors (Lipinski definition) is 0. The Morgan fingerprint density at radius 2 is 1.69 bits per heavy atom. The van der Waals surface area contributed by atoms with Crippen LogP contribution in [0.25, 0.3) is 11.3 Å². The van der Waals surface area contributed by atoms with Gasteiger partial charge >= 0.3 is 11.9 Å². The number of hydrogen-bond acceptors (Lipinski definition) is 5. The number of amides is 1. The molecule has 0 fully saturated rings. The number of fused-ring (bicyclic) bond motifs is 1. The highest BCUT2D eigenvalue weighted by Gasteiger charge is 2.35. The summed E-state index contributed by atoms with van der Waals surface area (Å²) in [4.78, 5) is 37.9. The molecule has 2 aromatic carbocycles. The van der Waals surface area contributed by atoms with Crippen LogP contribution in [0, 0.1) is 0 Å². The molecule has 0 aromatic heterocycles. The first-order valence-corrected chi connectivity index (χ1v) is 7.93. The first kappa shape index (κ1) is 17.4. The van der Waals surface area contributed by atoms with Crippen LogP contribution >= 0.6 is 0 Å². The van der Waals surface area contributed by atoms with Crippen LogP contribution in [0.2, 0.25) is 0 Å². The van der Waals surface area contributed by atoms with E-state index in [2.05, 4.69) is 0 Å². The van der Waals surface area contributed by atoms with Gasteiger partial charge in [-0.1, -0.05) is 30.3 Å². The zero-order valence-corrected chi connectivity index (χ0v) is 14.6. The topological polar surface area (TPSA) is 72.9 Å². The average molecular weight is 351 g/mol. The molecule has 132 valence electrons. The second-order valence-corrected chi connectivity index (χ2v) is 5.75. The molecule has 0 radical (unpaired) electrons. The maximum atomic E-state index is 12.9. The molecule has 0 atom stereocenters. The molecule has 0 spiro atoms. The van der Waals surface area contributed by atoms with E-state index in [-0.39, 0.29) is 17.2 Å². The Morgan fingerprint density at radius 1 is 1.00 bits per heavy atom. The summed E-state index contributed by atoms with van der Waals surface area (Å²) in [5.74, 6) is -1.20. The number of likely N-dealkylation sites (N-methyl/N-ethyl adjacent to an activating group) is 1. The standard InChI is InChI=1S/C20H17NO5/c1-12(22)26-18(13-7-5-4-6-8-13)17-15-11-14(20(24)25-3)9-10-16(15)21(2)19(17)23/h4-11H,1-3H3/b18-17+. The van der Waals surface area contributed by atoms with Gasteiger partial charge < -0.3 is 14.4 Å². The van der Waals surface area contributed by atoms with Crippen LogP contribution in [0.3, 0.4) is 0 Å². The molecule has 26 heavy (non-hydrogen) atoms. The maximum absolute atomic E-state index is 12.9. The third kappa shape index (κ3) is 2.97. The Balaban J connectivity index is 2.28. The Labute approximate surface area is 150 Å². The lowest BCUT2D eigenvalue weighted by Crippen LogP contribution is -2.21. The summed E-state index contributed by atoms with van der Waals surface area (Å²) in [5, 5.41) is 0. The molecule has 0 N–H and O–H groups in total. The minimum absolute atomic E-state index is 0.163. The normalized spacial score (nSPS) is 14.7. The molecule has 0 aliphatic carbocycles. The van der Waals surface area contributed by atoms with Crippen LogP contribution in [-0.2, 0) is 19.1 Å².